The lowest BCUT2D eigenvalue weighted by Crippen LogP contribution is -2.10. The van der Waals surface area contributed by atoms with Gasteiger partial charge >= 0.3 is 11.6 Å². The van der Waals surface area contributed by atoms with E-state index in [0.29, 0.717) is 24.5 Å². The molecule has 0 aliphatic heterocycles. The molecule has 1 aromatic heterocycles. The lowest BCUT2D eigenvalue weighted by molar-refractivity contribution is -0.385. The summed E-state index contributed by atoms with van der Waals surface area (Å²) in [6, 6.07) is 16.7. The molecule has 8 nitrogen and oxygen atoms in total. The largest absolute Gasteiger partial charge is 0.493 e. The molecule has 0 spiro atoms. The Morgan fingerprint density at radius 2 is 1.74 bits per heavy atom. The van der Waals surface area contributed by atoms with Crippen LogP contribution >= 0.6 is 0 Å². The summed E-state index contributed by atoms with van der Waals surface area (Å²) < 4.78 is 10.8. The van der Waals surface area contributed by atoms with Crippen LogP contribution in [0.25, 0.3) is 0 Å². The van der Waals surface area contributed by atoms with E-state index in [1.165, 1.54) is 13.4 Å². The normalized spacial score (nSPS) is 10.3. The summed E-state index contributed by atoms with van der Waals surface area (Å²) in [5.41, 5.74) is 0.795. The van der Waals surface area contributed by atoms with Gasteiger partial charge < -0.3 is 14.8 Å². The quantitative estimate of drug-likeness (QED) is 0.477. The number of rotatable bonds is 8. The molecule has 138 valence electrons. The van der Waals surface area contributed by atoms with Crippen molar-refractivity contribution in [3.05, 3.63) is 76.6 Å². The summed E-state index contributed by atoms with van der Waals surface area (Å²) in [6.45, 7) is 0.482. The molecule has 3 aromatic rings. The number of nitro groups is 1. The number of hydrogen-bond acceptors (Lipinski definition) is 7. The number of nitrogens with zero attached hydrogens (tertiary/aromatic N) is 3. The third-order valence-corrected chi connectivity index (χ3v) is 3.80. The van der Waals surface area contributed by atoms with Crippen LogP contribution in [0.2, 0.25) is 0 Å². The second-order valence-corrected chi connectivity index (χ2v) is 5.55. The van der Waals surface area contributed by atoms with Gasteiger partial charge in [0.1, 0.15) is 6.33 Å². The maximum atomic E-state index is 11.6. The topological polar surface area (TPSA) is 99.4 Å². The van der Waals surface area contributed by atoms with E-state index in [1.807, 2.05) is 30.3 Å². The number of hydrogen-bond donors (Lipinski definition) is 1. The number of nitrogens with one attached hydrogen (secondary N) is 1. The minimum atomic E-state index is -0.560. The van der Waals surface area contributed by atoms with Crippen molar-refractivity contribution in [3.63, 3.8) is 0 Å². The molecule has 0 saturated heterocycles. The van der Waals surface area contributed by atoms with Crippen LogP contribution in [-0.4, -0.2) is 28.5 Å². The number of aromatic nitrogens is 2. The molecular weight excluding hydrogens is 348 g/mol. The standard InChI is InChI=1S/C19H18N4O4/c1-26-15-9-5-6-10-16(15)27-19-17(23(24)25)18(21-13-22-19)20-12-11-14-7-3-2-4-8-14/h2-10,13H,11-12H2,1H3,(H,20,21,22). The van der Waals surface area contributed by atoms with Crippen molar-refractivity contribution in [2.24, 2.45) is 0 Å². The van der Waals surface area contributed by atoms with Crippen LogP contribution < -0.4 is 14.8 Å². The summed E-state index contributed by atoms with van der Waals surface area (Å²) in [4.78, 5) is 19.0. The van der Waals surface area contributed by atoms with Crippen molar-refractivity contribution >= 4 is 11.5 Å². The molecule has 0 amide bonds. The highest BCUT2D eigenvalue weighted by Gasteiger charge is 2.25. The molecule has 0 aliphatic rings. The van der Waals surface area contributed by atoms with Crippen LogP contribution in [0.4, 0.5) is 11.5 Å². The van der Waals surface area contributed by atoms with E-state index >= 15 is 0 Å². The highest BCUT2D eigenvalue weighted by molar-refractivity contribution is 5.62. The first-order valence-corrected chi connectivity index (χ1v) is 8.27. The van der Waals surface area contributed by atoms with Crippen molar-refractivity contribution < 1.29 is 14.4 Å². The zero-order valence-electron chi connectivity index (χ0n) is 14.7. The van der Waals surface area contributed by atoms with Crippen LogP contribution in [0.15, 0.2) is 60.9 Å². The number of para-hydroxylation sites is 2. The highest BCUT2D eigenvalue weighted by atomic mass is 16.6. The molecule has 2 aromatic carbocycles. The third kappa shape index (κ3) is 4.49. The number of benzene rings is 2. The van der Waals surface area contributed by atoms with Gasteiger partial charge in [0.05, 0.1) is 12.0 Å². The first kappa shape index (κ1) is 18.1. The zero-order valence-corrected chi connectivity index (χ0v) is 14.7. The Hall–Kier alpha value is -3.68. The van der Waals surface area contributed by atoms with E-state index < -0.39 is 4.92 Å². The van der Waals surface area contributed by atoms with E-state index in [2.05, 4.69) is 15.3 Å². The van der Waals surface area contributed by atoms with Gasteiger partial charge in [0.2, 0.25) is 5.82 Å². The van der Waals surface area contributed by atoms with Crippen molar-refractivity contribution in [2.75, 3.05) is 19.0 Å². The molecule has 8 heteroatoms. The summed E-state index contributed by atoms with van der Waals surface area (Å²) in [7, 11) is 1.49. The molecule has 0 radical (unpaired) electrons. The summed E-state index contributed by atoms with van der Waals surface area (Å²) in [5, 5.41) is 14.6. The Morgan fingerprint density at radius 3 is 2.44 bits per heavy atom. The monoisotopic (exact) mass is 366 g/mol. The Balaban J connectivity index is 1.81. The smallest absolute Gasteiger partial charge is 0.373 e. The second kappa shape index (κ2) is 8.61. The predicted molar refractivity (Wildman–Crippen MR) is 100 cm³/mol. The van der Waals surface area contributed by atoms with Crippen LogP contribution in [0.5, 0.6) is 17.4 Å². The molecule has 0 atom stereocenters. The molecule has 3 rings (SSSR count). The highest BCUT2D eigenvalue weighted by Crippen LogP contribution is 2.37. The molecule has 27 heavy (non-hydrogen) atoms. The lowest BCUT2D eigenvalue weighted by Gasteiger charge is -2.11. The van der Waals surface area contributed by atoms with Crippen LogP contribution in [0.1, 0.15) is 5.56 Å². The van der Waals surface area contributed by atoms with E-state index in [9.17, 15) is 10.1 Å². The van der Waals surface area contributed by atoms with E-state index in [1.54, 1.807) is 24.3 Å². The van der Waals surface area contributed by atoms with Crippen LogP contribution in [0.3, 0.4) is 0 Å². The minimum Gasteiger partial charge on any atom is -0.493 e. The maximum Gasteiger partial charge on any atom is 0.373 e. The minimum absolute atomic E-state index is 0.107. The zero-order chi connectivity index (χ0) is 19.1. The van der Waals surface area contributed by atoms with E-state index in [0.717, 1.165) is 5.56 Å². The Kier molecular flexibility index (Phi) is 5.78. The van der Waals surface area contributed by atoms with Crippen molar-refractivity contribution in [3.8, 4) is 17.4 Å². The van der Waals surface area contributed by atoms with Gasteiger partial charge in [-0.1, -0.05) is 42.5 Å². The first-order valence-electron chi connectivity index (χ1n) is 8.27. The van der Waals surface area contributed by atoms with Crippen LogP contribution in [0, 0.1) is 10.1 Å². The van der Waals surface area contributed by atoms with E-state index in [4.69, 9.17) is 9.47 Å². The number of anilines is 1. The fraction of sp³-hybridized carbons (Fsp3) is 0.158. The summed E-state index contributed by atoms with van der Waals surface area (Å²) in [6.07, 6.45) is 1.92. The first-order chi connectivity index (χ1) is 13.2. The van der Waals surface area contributed by atoms with E-state index in [-0.39, 0.29) is 17.4 Å². The molecule has 1 N–H and O–H groups in total. The van der Waals surface area contributed by atoms with Gasteiger partial charge in [-0.3, -0.25) is 10.1 Å². The van der Waals surface area contributed by atoms with Gasteiger partial charge in [-0.25, -0.2) is 4.98 Å². The van der Waals surface area contributed by atoms with Crippen molar-refractivity contribution in [1.29, 1.82) is 0 Å². The maximum absolute atomic E-state index is 11.6. The SMILES string of the molecule is COc1ccccc1Oc1ncnc(NCCc2ccccc2)c1[N+](=O)[O-]. The average Bonchev–Trinajstić information content (AvgIpc) is 2.69. The van der Waals surface area contributed by atoms with Crippen molar-refractivity contribution in [1.82, 2.24) is 9.97 Å². The Labute approximate surface area is 156 Å². The molecule has 0 unspecified atom stereocenters. The van der Waals surface area contributed by atoms with Gasteiger partial charge in [-0.05, 0) is 24.1 Å². The molecule has 0 fully saturated rings. The molecule has 0 aliphatic carbocycles. The molecule has 0 saturated carbocycles. The second-order valence-electron chi connectivity index (χ2n) is 5.55. The van der Waals surface area contributed by atoms with Gasteiger partial charge in [0, 0.05) is 6.54 Å². The Morgan fingerprint density at radius 1 is 1.04 bits per heavy atom. The lowest BCUT2D eigenvalue weighted by atomic mass is 10.1. The van der Waals surface area contributed by atoms with Gasteiger partial charge in [0.15, 0.2) is 11.5 Å². The van der Waals surface area contributed by atoms with Crippen LogP contribution in [-0.2, 0) is 6.42 Å². The van der Waals surface area contributed by atoms with Crippen molar-refractivity contribution in [2.45, 2.75) is 6.42 Å². The van der Waals surface area contributed by atoms with Gasteiger partial charge in [0.25, 0.3) is 0 Å². The molecular formula is C19H18N4O4. The fourth-order valence-corrected chi connectivity index (χ4v) is 2.51. The molecule has 0 bridgehead atoms. The number of methoxy groups -OCH3 is 1. The fourth-order valence-electron chi connectivity index (χ4n) is 2.51. The summed E-state index contributed by atoms with van der Waals surface area (Å²) in [5.74, 6) is 0.735. The Bertz CT molecular complexity index is 919. The molecule has 1 heterocycles. The van der Waals surface area contributed by atoms with Gasteiger partial charge in [-0.15, -0.1) is 0 Å². The number of ether oxygens (including phenoxy) is 2. The predicted octanol–water partition coefficient (Wildman–Crippen LogP) is 3.84. The van der Waals surface area contributed by atoms with Gasteiger partial charge in [-0.2, -0.15) is 4.98 Å². The average molecular weight is 366 g/mol. The summed E-state index contributed by atoms with van der Waals surface area (Å²) >= 11 is 0. The third-order valence-electron chi connectivity index (χ3n) is 3.80.